The van der Waals surface area contributed by atoms with Gasteiger partial charge in [-0.1, -0.05) is 0 Å². The number of aliphatic imine (C=N–C) groups is 1. The van der Waals surface area contributed by atoms with Crippen molar-refractivity contribution in [2.24, 2.45) is 22.2 Å². The van der Waals surface area contributed by atoms with E-state index < -0.39 is 116 Å². The smallest absolute Gasteiger partial charge is 1.00 e. The number of hydrogen-bond acceptors (Lipinski definition) is 16. The van der Waals surface area contributed by atoms with Crippen LogP contribution in [-0.2, 0) is 23.7 Å². The molecule has 2 heterocycles. The topological polar surface area (TPSA) is 354 Å². The molecule has 3 fully saturated rings. The Kier molecular flexibility index (Phi) is 13.5. The van der Waals surface area contributed by atoms with Gasteiger partial charge in [-0.05, 0) is 7.05 Å². The predicted octanol–water partition coefficient (Wildman–Crippen LogP) is -9.13. The number of nitrogens with two attached hydrogens (primary N) is 3. The van der Waals surface area contributed by atoms with Gasteiger partial charge in [-0.2, -0.15) is 0 Å². The molecule has 3 aliphatic rings. The zero-order chi connectivity index (χ0) is 30.8. The molecule has 0 radical (unpaired) electrons. The summed E-state index contributed by atoms with van der Waals surface area (Å²) in [5, 5.41) is 96.5. The van der Waals surface area contributed by atoms with Gasteiger partial charge in [0.05, 0.1) is 25.3 Å². The average molecular weight is 640 g/mol. The third kappa shape index (κ3) is 7.25. The van der Waals surface area contributed by atoms with Gasteiger partial charge in [0.1, 0.15) is 61.0 Å². The fraction of sp³-hybridized carbons (Fsp3) is 0.857. The zero-order valence-electron chi connectivity index (χ0n) is 24.6. The van der Waals surface area contributed by atoms with E-state index in [1.165, 1.54) is 7.05 Å². The summed E-state index contributed by atoms with van der Waals surface area (Å²) in [6, 6.07) is -4.18. The zero-order valence-corrected chi connectivity index (χ0v) is 24.8. The number of nitrogens with zero attached hydrogens (tertiary/aromatic N) is 1. The van der Waals surface area contributed by atoms with E-state index in [-0.39, 0.29) is 46.9 Å². The number of carbonyl (C=O) groups is 1. The van der Waals surface area contributed by atoms with Crippen molar-refractivity contribution < 1.29 is 67.4 Å². The van der Waals surface area contributed by atoms with Gasteiger partial charge < -0.3 is 90.5 Å². The van der Waals surface area contributed by atoms with Crippen molar-refractivity contribution >= 4 is 55.9 Å². The van der Waals surface area contributed by atoms with Crippen LogP contribution < -0.4 is 27.8 Å². The number of likely N-dealkylation sites (N-methyl/N-ethyl adjacent to an activating group) is 1. The van der Waals surface area contributed by atoms with Crippen molar-refractivity contribution in [1.29, 1.82) is 5.41 Å². The van der Waals surface area contributed by atoms with Crippen LogP contribution in [-0.4, -0.2) is 208 Å². The van der Waals surface area contributed by atoms with E-state index >= 15 is 0 Å². The van der Waals surface area contributed by atoms with Gasteiger partial charge in [0.25, 0.3) is 0 Å². The monoisotopic (exact) mass is 639 g/mol. The van der Waals surface area contributed by atoms with Crippen molar-refractivity contribution in [3.63, 3.8) is 0 Å². The molecule has 15 atom stereocenters. The molecule has 0 bridgehead atoms. The molecule has 0 unspecified atom stereocenters. The van der Waals surface area contributed by atoms with Gasteiger partial charge in [-0.25, -0.2) is 4.99 Å². The third-order valence-corrected chi connectivity index (χ3v) is 7.39. The summed E-state index contributed by atoms with van der Waals surface area (Å²) in [6.07, 6.45) is -18.6. The molecule has 0 aromatic carbocycles. The summed E-state index contributed by atoms with van der Waals surface area (Å²) in [6.45, 7) is -1.68. The van der Waals surface area contributed by atoms with Crippen LogP contribution in [0.4, 0.5) is 0 Å². The first-order chi connectivity index (χ1) is 19.2. The van der Waals surface area contributed by atoms with Gasteiger partial charge in [0.15, 0.2) is 36.4 Å². The number of hydrogen-bond donors (Lipinski definition) is 14. The molecule has 42 heavy (non-hydrogen) atoms. The minimum absolute atomic E-state index is 0. The summed E-state index contributed by atoms with van der Waals surface area (Å²) in [5.74, 6) is -1.22. The van der Waals surface area contributed by atoms with E-state index in [0.717, 1.165) is 0 Å². The molecule has 21 heteroatoms. The Morgan fingerprint density at radius 1 is 0.976 bits per heavy atom. The summed E-state index contributed by atoms with van der Waals surface area (Å²) >= 11 is 0. The van der Waals surface area contributed by atoms with E-state index in [1.807, 2.05) is 0 Å². The number of aliphatic hydroxyl groups is 8. The van der Waals surface area contributed by atoms with Crippen LogP contribution in [0.5, 0.6) is 0 Å². The first-order valence-corrected chi connectivity index (χ1v) is 12.5. The number of ether oxygens (including phenoxy) is 4. The Bertz CT molecular complexity index is 966. The number of aldehydes is 1. The summed E-state index contributed by atoms with van der Waals surface area (Å²) in [5.41, 5.74) is 13.5. The van der Waals surface area contributed by atoms with Crippen LogP contribution in [0.15, 0.2) is 4.99 Å². The minimum atomic E-state index is -2.63. The number of rotatable bonds is 10. The molecule has 20 nitrogen and oxygen atoms in total. The summed E-state index contributed by atoms with van der Waals surface area (Å²) in [4.78, 5) is 15.8. The van der Waals surface area contributed by atoms with Crippen LogP contribution in [0, 0.1) is 5.41 Å². The molecule has 2 saturated heterocycles. The number of carbonyl (C=O) groups excluding carboxylic acids is 1. The maximum Gasteiger partial charge on any atom is 2.00 e. The van der Waals surface area contributed by atoms with E-state index in [9.17, 15) is 45.6 Å². The van der Waals surface area contributed by atoms with Gasteiger partial charge in [-0.3, -0.25) is 10.2 Å². The Morgan fingerprint density at radius 3 is 2.12 bits per heavy atom. The van der Waals surface area contributed by atoms with Gasteiger partial charge in [0.2, 0.25) is 0 Å². The number of aliphatic hydroxyl groups excluding tert-OH is 7. The van der Waals surface area contributed by atoms with E-state index in [4.69, 9.17) is 41.6 Å². The standard InChI is InChI=1S/C21H39N7O13.Ca.2H/c1-26-9-13(35)10(32)5(2-29)38-17(9)41-16-18(39-6(3-30)21(16,37)4-31)40-15-8(28-20(24)25)11(33)7(27-19(22)23)12(34)14(15)36;;;/h4-18,26,29-30,32-37H,2-3H2,1H3,(H4,22,23,27)(H4,24,25,28);;;/q;+2;2*-1/t5-,6-,7+,8-,9-,10-,11+,12-,13-,14+,15+,16-,17-,18-,21+;;;/m0.../s1. The molecule has 0 aromatic heterocycles. The molecule has 3 rings (SSSR count). The van der Waals surface area contributed by atoms with Crippen molar-refractivity contribution in [3.8, 4) is 0 Å². The molecule has 0 spiro atoms. The van der Waals surface area contributed by atoms with Crippen LogP contribution in [0.25, 0.3) is 0 Å². The fourth-order valence-electron chi connectivity index (χ4n) is 5.21. The Balaban J connectivity index is 0.00000616. The molecular formula is C21H41CaN7O13. The molecule has 0 amide bonds. The summed E-state index contributed by atoms with van der Waals surface area (Å²) in [7, 11) is 1.38. The second-order valence-corrected chi connectivity index (χ2v) is 9.96. The maximum atomic E-state index is 12.1. The average Bonchev–Trinajstić information content (AvgIpc) is 3.19. The normalized spacial score (nSPS) is 45.5. The van der Waals surface area contributed by atoms with E-state index in [0.29, 0.717) is 0 Å². The van der Waals surface area contributed by atoms with Crippen LogP contribution >= 0.6 is 0 Å². The number of nitrogens with one attached hydrogen (secondary N) is 3. The molecule has 0 aromatic rings. The van der Waals surface area contributed by atoms with E-state index in [2.05, 4.69) is 15.6 Å². The van der Waals surface area contributed by atoms with Crippen LogP contribution in [0.1, 0.15) is 2.85 Å². The van der Waals surface area contributed by atoms with Crippen LogP contribution in [0.3, 0.4) is 0 Å². The Hall–Kier alpha value is -1.05. The fourth-order valence-corrected chi connectivity index (χ4v) is 5.21. The molecule has 240 valence electrons. The molecule has 1 saturated carbocycles. The minimum Gasteiger partial charge on any atom is -1.00 e. The second kappa shape index (κ2) is 15.3. The third-order valence-electron chi connectivity index (χ3n) is 7.39. The van der Waals surface area contributed by atoms with Gasteiger partial charge >= 0.3 is 37.7 Å². The molecule has 2 aliphatic heterocycles. The molecule has 1 aliphatic carbocycles. The van der Waals surface area contributed by atoms with Crippen molar-refractivity contribution in [2.45, 2.75) is 91.2 Å². The summed E-state index contributed by atoms with van der Waals surface area (Å²) < 4.78 is 22.7. The first-order valence-electron chi connectivity index (χ1n) is 12.5. The Labute approximate surface area is 272 Å². The second-order valence-electron chi connectivity index (χ2n) is 9.96. The Morgan fingerprint density at radius 2 is 1.62 bits per heavy atom. The van der Waals surface area contributed by atoms with Crippen molar-refractivity contribution in [1.82, 2.24) is 10.6 Å². The van der Waals surface area contributed by atoms with Gasteiger partial charge in [-0.15, -0.1) is 0 Å². The van der Waals surface area contributed by atoms with Crippen molar-refractivity contribution in [2.75, 3.05) is 20.3 Å². The molecular weight excluding hydrogens is 598 g/mol. The first kappa shape index (κ1) is 37.1. The molecule has 17 N–H and O–H groups in total. The predicted molar refractivity (Wildman–Crippen MR) is 142 cm³/mol. The SMILES string of the molecule is CN[C@@H]1[C@H](O[C@H]2[C@H](O[C@H]3[C@H](O)[C@@H](O)[C@H](N=C(N)N)[C@@H](O)[C@@H]3NC(=N)N)O[C@@H](CO)[C@]2(O)C=O)O[C@@H](CO)[C@H](O)[C@H]1O.[Ca+2].[H-].[H-]. The van der Waals surface area contributed by atoms with Crippen LogP contribution in [0.2, 0.25) is 0 Å². The largest absolute Gasteiger partial charge is 2.00 e. The maximum absolute atomic E-state index is 12.1. The van der Waals surface area contributed by atoms with Crippen molar-refractivity contribution in [3.05, 3.63) is 0 Å². The van der Waals surface area contributed by atoms with E-state index in [1.54, 1.807) is 0 Å². The number of guanidine groups is 2. The quantitative estimate of drug-likeness (QED) is 0.0456. The van der Waals surface area contributed by atoms with Gasteiger partial charge in [0, 0.05) is 0 Å².